The van der Waals surface area contributed by atoms with E-state index in [9.17, 15) is 4.79 Å². The third-order valence-electron chi connectivity index (χ3n) is 2.66. The average molecular weight is 214 g/mol. The lowest BCUT2D eigenvalue weighted by atomic mass is 10.1. The molecule has 2 heterocycles. The molecule has 1 aliphatic heterocycles. The van der Waals surface area contributed by atoms with E-state index in [1.165, 1.54) is 0 Å². The van der Waals surface area contributed by atoms with E-state index in [4.69, 9.17) is 9.15 Å². The normalized spacial score (nSPS) is 13.6. The minimum absolute atomic E-state index is 0.345. The zero-order valence-corrected chi connectivity index (χ0v) is 8.82. The van der Waals surface area contributed by atoms with Crippen LogP contribution in [0.4, 0.5) is 0 Å². The molecule has 3 nitrogen and oxygen atoms in total. The number of ether oxygens (including phenoxy) is 1. The van der Waals surface area contributed by atoms with Crippen molar-refractivity contribution in [1.29, 1.82) is 0 Å². The topological polar surface area (TPSA) is 39.4 Å². The third kappa shape index (κ3) is 1.25. The summed E-state index contributed by atoms with van der Waals surface area (Å²) in [7, 11) is 0. The molecule has 1 aliphatic rings. The molecule has 0 radical (unpaired) electrons. The minimum atomic E-state index is -0.345. The second kappa shape index (κ2) is 3.23. The van der Waals surface area contributed by atoms with Crippen LogP contribution in [0.5, 0.6) is 5.75 Å². The molecule has 0 amide bonds. The second-order valence-electron chi connectivity index (χ2n) is 3.85. The van der Waals surface area contributed by atoms with Gasteiger partial charge in [0.1, 0.15) is 23.5 Å². The van der Waals surface area contributed by atoms with Gasteiger partial charge >= 0.3 is 5.63 Å². The Hall–Kier alpha value is -2.03. The van der Waals surface area contributed by atoms with Crippen LogP contribution >= 0.6 is 0 Å². The standard InChI is InChI=1S/C13H10O3/c1-8-4-5-11-10(7-8)12-9(13(14)16-11)3-2-6-15-12/h2-5,7H,6H2,1H3. The molecule has 0 fully saturated rings. The number of hydrogen-bond acceptors (Lipinski definition) is 3. The van der Waals surface area contributed by atoms with Crippen LogP contribution in [0, 0.1) is 6.92 Å². The van der Waals surface area contributed by atoms with Crippen molar-refractivity contribution in [2.45, 2.75) is 6.92 Å². The Kier molecular flexibility index (Phi) is 1.86. The van der Waals surface area contributed by atoms with Crippen LogP contribution in [-0.2, 0) is 0 Å². The zero-order valence-electron chi connectivity index (χ0n) is 8.82. The molecule has 80 valence electrons. The van der Waals surface area contributed by atoms with Gasteiger partial charge in [-0.3, -0.25) is 0 Å². The summed E-state index contributed by atoms with van der Waals surface area (Å²) in [4.78, 5) is 11.7. The van der Waals surface area contributed by atoms with Crippen molar-refractivity contribution in [3.63, 3.8) is 0 Å². The monoisotopic (exact) mass is 214 g/mol. The highest BCUT2D eigenvalue weighted by Crippen LogP contribution is 2.30. The average Bonchev–Trinajstić information content (AvgIpc) is 2.31. The Labute approximate surface area is 92.0 Å². The van der Waals surface area contributed by atoms with E-state index in [2.05, 4.69) is 0 Å². The Morgan fingerprint density at radius 1 is 1.31 bits per heavy atom. The third-order valence-corrected chi connectivity index (χ3v) is 2.66. The summed E-state index contributed by atoms with van der Waals surface area (Å²) in [6, 6.07) is 5.68. The lowest BCUT2D eigenvalue weighted by Gasteiger charge is -2.13. The fourth-order valence-electron chi connectivity index (χ4n) is 1.90. The van der Waals surface area contributed by atoms with E-state index in [0.717, 1.165) is 10.9 Å². The van der Waals surface area contributed by atoms with Gasteiger partial charge in [-0.25, -0.2) is 4.79 Å². The molecule has 0 saturated carbocycles. The van der Waals surface area contributed by atoms with Gasteiger partial charge in [0.15, 0.2) is 0 Å². The SMILES string of the molecule is Cc1ccc2oc(=O)c3c(c2c1)OCC=C3. The van der Waals surface area contributed by atoms with E-state index >= 15 is 0 Å². The van der Waals surface area contributed by atoms with E-state index in [1.54, 1.807) is 18.2 Å². The quantitative estimate of drug-likeness (QED) is 0.632. The first-order valence-electron chi connectivity index (χ1n) is 5.12. The molecule has 1 aromatic heterocycles. The fourth-order valence-corrected chi connectivity index (χ4v) is 1.90. The molecule has 0 atom stereocenters. The van der Waals surface area contributed by atoms with Crippen LogP contribution in [0.25, 0.3) is 17.0 Å². The lowest BCUT2D eigenvalue weighted by molar-refractivity contribution is 0.358. The maximum absolute atomic E-state index is 11.7. The van der Waals surface area contributed by atoms with Gasteiger partial charge in [0.25, 0.3) is 0 Å². The highest BCUT2D eigenvalue weighted by Gasteiger charge is 2.15. The maximum atomic E-state index is 11.7. The number of hydrogen-bond donors (Lipinski definition) is 0. The molecule has 1 aromatic carbocycles. The van der Waals surface area contributed by atoms with Crippen molar-refractivity contribution in [2.75, 3.05) is 6.61 Å². The summed E-state index contributed by atoms with van der Waals surface area (Å²) in [6.45, 7) is 2.50. The van der Waals surface area contributed by atoms with Crippen LogP contribution in [0.3, 0.4) is 0 Å². The summed E-state index contributed by atoms with van der Waals surface area (Å²) in [5.41, 5.74) is 1.85. The van der Waals surface area contributed by atoms with Gasteiger partial charge in [-0.2, -0.15) is 0 Å². The number of benzene rings is 1. The Morgan fingerprint density at radius 2 is 2.19 bits per heavy atom. The van der Waals surface area contributed by atoms with Gasteiger partial charge < -0.3 is 9.15 Å². The van der Waals surface area contributed by atoms with Gasteiger partial charge in [0, 0.05) is 0 Å². The molecular weight excluding hydrogens is 204 g/mol. The van der Waals surface area contributed by atoms with Crippen LogP contribution in [-0.4, -0.2) is 6.61 Å². The molecule has 0 aliphatic carbocycles. The van der Waals surface area contributed by atoms with Crippen molar-refractivity contribution in [2.24, 2.45) is 0 Å². The summed E-state index contributed by atoms with van der Waals surface area (Å²) in [6.07, 6.45) is 3.56. The van der Waals surface area contributed by atoms with Crippen LogP contribution < -0.4 is 10.4 Å². The predicted molar refractivity (Wildman–Crippen MR) is 61.8 cm³/mol. The fraction of sp³-hybridized carbons (Fsp3) is 0.154. The minimum Gasteiger partial charge on any atom is -0.488 e. The number of fused-ring (bicyclic) bond motifs is 3. The zero-order chi connectivity index (χ0) is 11.1. The molecule has 16 heavy (non-hydrogen) atoms. The van der Waals surface area contributed by atoms with Crippen LogP contribution in [0.2, 0.25) is 0 Å². The molecule has 0 saturated heterocycles. The van der Waals surface area contributed by atoms with E-state index in [-0.39, 0.29) is 5.63 Å². The maximum Gasteiger partial charge on any atom is 0.347 e. The smallest absolute Gasteiger partial charge is 0.347 e. The van der Waals surface area contributed by atoms with Crippen LogP contribution in [0.1, 0.15) is 11.1 Å². The van der Waals surface area contributed by atoms with E-state index < -0.39 is 0 Å². The van der Waals surface area contributed by atoms with E-state index in [0.29, 0.717) is 23.5 Å². The molecule has 2 aromatic rings. The first kappa shape index (κ1) is 9.21. The van der Waals surface area contributed by atoms with Gasteiger partial charge in [-0.15, -0.1) is 0 Å². The molecule has 3 heteroatoms. The highest BCUT2D eigenvalue weighted by atomic mass is 16.5. The van der Waals surface area contributed by atoms with Crippen LogP contribution in [0.15, 0.2) is 33.5 Å². The van der Waals surface area contributed by atoms with Crippen molar-refractivity contribution in [3.05, 3.63) is 45.8 Å². The van der Waals surface area contributed by atoms with Crippen molar-refractivity contribution < 1.29 is 9.15 Å². The number of aryl methyl sites for hydroxylation is 1. The predicted octanol–water partition coefficient (Wildman–Crippen LogP) is 2.51. The second-order valence-corrected chi connectivity index (χ2v) is 3.85. The summed E-state index contributed by atoms with van der Waals surface area (Å²) in [5.74, 6) is 0.637. The van der Waals surface area contributed by atoms with Gasteiger partial charge in [-0.05, 0) is 31.2 Å². The summed E-state index contributed by atoms with van der Waals surface area (Å²) < 4.78 is 10.8. The van der Waals surface area contributed by atoms with E-state index in [1.807, 2.05) is 19.1 Å². The Balaban J connectivity index is 2.49. The highest BCUT2D eigenvalue weighted by molar-refractivity contribution is 5.87. The molecular formula is C13H10O3. The van der Waals surface area contributed by atoms with Gasteiger partial charge in [-0.1, -0.05) is 11.6 Å². The number of rotatable bonds is 0. The molecule has 0 spiro atoms. The largest absolute Gasteiger partial charge is 0.488 e. The van der Waals surface area contributed by atoms with Crippen molar-refractivity contribution >= 4 is 17.0 Å². The van der Waals surface area contributed by atoms with Gasteiger partial charge in [0.05, 0.1) is 5.39 Å². The molecule has 3 rings (SSSR count). The summed E-state index contributed by atoms with van der Waals surface area (Å²) in [5, 5.41) is 0.860. The molecule has 0 N–H and O–H groups in total. The van der Waals surface area contributed by atoms with Crippen molar-refractivity contribution in [1.82, 2.24) is 0 Å². The first-order valence-corrected chi connectivity index (χ1v) is 5.12. The Bertz CT molecular complexity index is 650. The molecule has 0 unspecified atom stereocenters. The summed E-state index contributed by atoms with van der Waals surface area (Å²) >= 11 is 0. The first-order chi connectivity index (χ1) is 7.75. The van der Waals surface area contributed by atoms with Crippen molar-refractivity contribution in [3.8, 4) is 5.75 Å². The lowest BCUT2D eigenvalue weighted by Crippen LogP contribution is -2.11. The van der Waals surface area contributed by atoms with Gasteiger partial charge in [0.2, 0.25) is 0 Å². The molecule has 0 bridgehead atoms. The Morgan fingerprint density at radius 3 is 3.06 bits per heavy atom.